The number of carbonyl (C=O) groups is 1. The first-order valence-electron chi connectivity index (χ1n) is 9.11. The van der Waals surface area contributed by atoms with E-state index in [-0.39, 0.29) is 6.09 Å². The fraction of sp³-hybridized carbons (Fsp3) is 0.684. The first-order chi connectivity index (χ1) is 11.4. The minimum Gasteiger partial charge on any atom is -0.444 e. The summed E-state index contributed by atoms with van der Waals surface area (Å²) in [5, 5.41) is 0. The Kier molecular flexibility index (Phi) is 4.97. The van der Waals surface area contributed by atoms with Gasteiger partial charge in [0.15, 0.2) is 0 Å². The van der Waals surface area contributed by atoms with Crippen LogP contribution in [0.4, 0.5) is 10.6 Å². The Hall–Kier alpha value is -1.78. The van der Waals surface area contributed by atoms with Gasteiger partial charge in [0.1, 0.15) is 11.4 Å². The number of amides is 1. The molecule has 2 saturated heterocycles. The maximum Gasteiger partial charge on any atom is 0.410 e. The lowest BCUT2D eigenvalue weighted by molar-refractivity contribution is 0.0205. The Morgan fingerprint density at radius 1 is 1.12 bits per heavy atom. The van der Waals surface area contributed by atoms with Crippen LogP contribution in [0, 0.1) is 0 Å². The van der Waals surface area contributed by atoms with Crippen LogP contribution in [0.3, 0.4) is 0 Å². The number of aromatic nitrogens is 1. The Balaban J connectivity index is 1.53. The molecule has 0 aliphatic carbocycles. The van der Waals surface area contributed by atoms with Crippen molar-refractivity contribution in [3.05, 3.63) is 23.9 Å². The van der Waals surface area contributed by atoms with Gasteiger partial charge in [-0.2, -0.15) is 0 Å². The molecule has 24 heavy (non-hydrogen) atoms. The topological polar surface area (TPSA) is 45.7 Å². The van der Waals surface area contributed by atoms with Crippen molar-refractivity contribution in [1.29, 1.82) is 0 Å². The van der Waals surface area contributed by atoms with Crippen molar-refractivity contribution in [3.8, 4) is 0 Å². The molecule has 5 nitrogen and oxygen atoms in total. The quantitative estimate of drug-likeness (QED) is 0.827. The van der Waals surface area contributed by atoms with Gasteiger partial charge in [-0.1, -0.05) is 6.07 Å². The van der Waals surface area contributed by atoms with E-state index in [1.807, 2.05) is 31.9 Å². The zero-order valence-electron chi connectivity index (χ0n) is 15.1. The van der Waals surface area contributed by atoms with Crippen molar-refractivity contribution >= 4 is 11.9 Å². The zero-order valence-corrected chi connectivity index (χ0v) is 15.1. The predicted molar refractivity (Wildman–Crippen MR) is 95.5 cm³/mol. The van der Waals surface area contributed by atoms with E-state index in [9.17, 15) is 4.79 Å². The molecule has 0 N–H and O–H groups in total. The molecule has 2 aliphatic heterocycles. The van der Waals surface area contributed by atoms with Crippen molar-refractivity contribution in [1.82, 2.24) is 9.88 Å². The molecule has 0 radical (unpaired) electrons. The molecule has 3 heterocycles. The summed E-state index contributed by atoms with van der Waals surface area (Å²) < 4.78 is 5.46. The molecular formula is C19H29N3O2. The molecule has 0 aromatic carbocycles. The van der Waals surface area contributed by atoms with E-state index in [1.54, 1.807) is 0 Å². The van der Waals surface area contributed by atoms with E-state index >= 15 is 0 Å². The highest BCUT2D eigenvalue weighted by Crippen LogP contribution is 2.29. The van der Waals surface area contributed by atoms with Crippen LogP contribution in [-0.2, 0) is 4.74 Å². The van der Waals surface area contributed by atoms with Crippen LogP contribution >= 0.6 is 0 Å². The number of nitrogens with zero attached hydrogens (tertiary/aromatic N) is 3. The molecule has 3 rings (SSSR count). The average molecular weight is 331 g/mol. The summed E-state index contributed by atoms with van der Waals surface area (Å²) in [4.78, 5) is 21.0. The summed E-state index contributed by atoms with van der Waals surface area (Å²) in [6, 6.07) is 4.37. The summed E-state index contributed by atoms with van der Waals surface area (Å²) >= 11 is 0. The molecule has 2 fully saturated rings. The maximum atomic E-state index is 12.1. The number of piperidine rings is 1. The Labute approximate surface area is 145 Å². The SMILES string of the molecule is CC(C)(C)OC(=O)N1CCC(c2ccc(N3CCCC3)nc2)CC1. The third-order valence-corrected chi connectivity index (χ3v) is 4.82. The first kappa shape index (κ1) is 17.1. The van der Waals surface area contributed by atoms with Crippen LogP contribution in [0.15, 0.2) is 18.3 Å². The van der Waals surface area contributed by atoms with Crippen molar-refractivity contribution in [2.45, 2.75) is 58.0 Å². The summed E-state index contributed by atoms with van der Waals surface area (Å²) in [5.41, 5.74) is 0.866. The molecule has 2 aliphatic rings. The average Bonchev–Trinajstić information content (AvgIpc) is 3.08. The number of rotatable bonds is 2. The summed E-state index contributed by atoms with van der Waals surface area (Å²) in [6.45, 7) is 9.49. The second kappa shape index (κ2) is 6.99. The van der Waals surface area contributed by atoms with Gasteiger partial charge in [0, 0.05) is 32.4 Å². The monoisotopic (exact) mass is 331 g/mol. The van der Waals surface area contributed by atoms with Crippen LogP contribution in [0.25, 0.3) is 0 Å². The normalized spacial score (nSPS) is 19.6. The summed E-state index contributed by atoms with van der Waals surface area (Å²) in [5.74, 6) is 1.59. The number of hydrogen-bond donors (Lipinski definition) is 0. The largest absolute Gasteiger partial charge is 0.444 e. The third-order valence-electron chi connectivity index (χ3n) is 4.82. The van der Waals surface area contributed by atoms with Gasteiger partial charge >= 0.3 is 6.09 Å². The molecule has 5 heteroatoms. The highest BCUT2D eigenvalue weighted by molar-refractivity contribution is 5.68. The van der Waals surface area contributed by atoms with Gasteiger partial charge in [0.2, 0.25) is 0 Å². The lowest BCUT2D eigenvalue weighted by atomic mass is 9.90. The van der Waals surface area contributed by atoms with Crippen LogP contribution in [0.1, 0.15) is 57.9 Å². The van der Waals surface area contributed by atoms with Gasteiger partial charge in [-0.25, -0.2) is 9.78 Å². The van der Waals surface area contributed by atoms with Crippen molar-refractivity contribution in [3.63, 3.8) is 0 Å². The van der Waals surface area contributed by atoms with Crippen molar-refractivity contribution < 1.29 is 9.53 Å². The Morgan fingerprint density at radius 3 is 2.33 bits per heavy atom. The maximum absolute atomic E-state index is 12.1. The summed E-state index contributed by atoms with van der Waals surface area (Å²) in [6.07, 6.45) is 6.33. The molecule has 0 saturated carbocycles. The lowest BCUT2D eigenvalue weighted by Gasteiger charge is -2.33. The minimum atomic E-state index is -0.427. The highest BCUT2D eigenvalue weighted by Gasteiger charge is 2.27. The number of ether oxygens (including phenoxy) is 1. The van der Waals surface area contributed by atoms with Gasteiger partial charge in [0.25, 0.3) is 0 Å². The molecule has 0 spiro atoms. The highest BCUT2D eigenvalue weighted by atomic mass is 16.6. The number of pyridine rings is 1. The van der Waals surface area contributed by atoms with E-state index in [0.717, 1.165) is 44.8 Å². The lowest BCUT2D eigenvalue weighted by Crippen LogP contribution is -2.41. The van der Waals surface area contributed by atoms with Gasteiger partial charge in [-0.05, 0) is 64.0 Å². The zero-order chi connectivity index (χ0) is 17.2. The molecule has 132 valence electrons. The van der Waals surface area contributed by atoms with E-state index in [4.69, 9.17) is 4.74 Å². The standard InChI is InChI=1S/C19H29N3O2/c1-19(2,3)24-18(23)22-12-8-15(9-13-22)16-6-7-17(20-14-16)21-10-4-5-11-21/h6-7,14-15H,4-5,8-13H2,1-3H3. The second-order valence-corrected chi connectivity index (χ2v) is 7.89. The van der Waals surface area contributed by atoms with Gasteiger partial charge in [-0.3, -0.25) is 0 Å². The van der Waals surface area contributed by atoms with Gasteiger partial charge < -0.3 is 14.5 Å². The third kappa shape index (κ3) is 4.19. The van der Waals surface area contributed by atoms with Crippen LogP contribution in [0.5, 0.6) is 0 Å². The Morgan fingerprint density at radius 2 is 1.79 bits per heavy atom. The molecule has 0 atom stereocenters. The molecular weight excluding hydrogens is 302 g/mol. The van der Waals surface area contributed by atoms with E-state index < -0.39 is 5.60 Å². The van der Waals surface area contributed by atoms with Crippen LogP contribution in [0.2, 0.25) is 0 Å². The number of likely N-dealkylation sites (tertiary alicyclic amines) is 1. The van der Waals surface area contributed by atoms with Crippen LogP contribution in [-0.4, -0.2) is 47.8 Å². The fourth-order valence-electron chi connectivity index (χ4n) is 3.49. The molecule has 1 aromatic rings. The van der Waals surface area contributed by atoms with E-state index in [2.05, 4.69) is 22.0 Å². The molecule has 0 unspecified atom stereocenters. The molecule has 1 amide bonds. The first-order valence-corrected chi connectivity index (χ1v) is 9.11. The smallest absolute Gasteiger partial charge is 0.410 e. The van der Waals surface area contributed by atoms with E-state index in [0.29, 0.717) is 5.92 Å². The summed E-state index contributed by atoms with van der Waals surface area (Å²) in [7, 11) is 0. The minimum absolute atomic E-state index is 0.191. The number of carbonyl (C=O) groups excluding carboxylic acids is 1. The Bertz CT molecular complexity index is 551. The van der Waals surface area contributed by atoms with Gasteiger partial charge in [0.05, 0.1) is 0 Å². The molecule has 1 aromatic heterocycles. The number of anilines is 1. The number of hydrogen-bond acceptors (Lipinski definition) is 4. The van der Waals surface area contributed by atoms with E-state index in [1.165, 1.54) is 18.4 Å². The van der Waals surface area contributed by atoms with Gasteiger partial charge in [-0.15, -0.1) is 0 Å². The molecule has 0 bridgehead atoms. The van der Waals surface area contributed by atoms with Crippen molar-refractivity contribution in [2.24, 2.45) is 0 Å². The second-order valence-electron chi connectivity index (χ2n) is 7.89. The van der Waals surface area contributed by atoms with Crippen molar-refractivity contribution in [2.75, 3.05) is 31.1 Å². The van der Waals surface area contributed by atoms with Crippen LogP contribution < -0.4 is 4.90 Å². The fourth-order valence-corrected chi connectivity index (χ4v) is 3.49. The predicted octanol–water partition coefficient (Wildman–Crippen LogP) is 3.80.